The van der Waals surface area contributed by atoms with E-state index in [0.717, 1.165) is 36.1 Å². The molecule has 0 atom stereocenters. The summed E-state index contributed by atoms with van der Waals surface area (Å²) in [6.07, 6.45) is 4.97. The Morgan fingerprint density at radius 2 is 2.00 bits per heavy atom. The van der Waals surface area contributed by atoms with Crippen LogP contribution in [0.1, 0.15) is 44.0 Å². The first-order valence-electron chi connectivity index (χ1n) is 8.31. The van der Waals surface area contributed by atoms with Crippen LogP contribution < -0.4 is 5.32 Å². The number of hydrogen-bond acceptors (Lipinski definition) is 7. The number of aromatic nitrogens is 1. The number of carbonyl (C=O) groups excluding carboxylic acids is 3. The number of rotatable bonds is 5. The summed E-state index contributed by atoms with van der Waals surface area (Å²) in [6, 6.07) is 2.91. The lowest BCUT2D eigenvalue weighted by molar-refractivity contribution is -0.119. The quantitative estimate of drug-likeness (QED) is 0.602. The molecule has 9 heteroatoms. The van der Waals surface area contributed by atoms with Crippen molar-refractivity contribution in [1.82, 2.24) is 4.98 Å². The minimum absolute atomic E-state index is 0.189. The van der Waals surface area contributed by atoms with E-state index >= 15 is 0 Å². The number of thiophene rings is 1. The monoisotopic (exact) mass is 408 g/mol. The summed E-state index contributed by atoms with van der Waals surface area (Å²) in [6.45, 7) is -0.482. The molecule has 0 aromatic carbocycles. The Balaban J connectivity index is 1.67. The summed E-state index contributed by atoms with van der Waals surface area (Å²) < 4.78 is 9.85. The average molecular weight is 409 g/mol. The van der Waals surface area contributed by atoms with Crippen LogP contribution in [0.5, 0.6) is 0 Å². The Bertz CT molecular complexity index is 879. The van der Waals surface area contributed by atoms with Crippen molar-refractivity contribution in [3.8, 4) is 0 Å². The number of anilines is 1. The summed E-state index contributed by atoms with van der Waals surface area (Å²) >= 11 is 7.03. The summed E-state index contributed by atoms with van der Waals surface area (Å²) in [5.74, 6) is -1.70. The van der Waals surface area contributed by atoms with Gasteiger partial charge in [0.1, 0.15) is 10.2 Å². The number of aryl methyl sites for hydroxylation is 1. The molecule has 1 amide bonds. The van der Waals surface area contributed by atoms with Crippen molar-refractivity contribution in [2.45, 2.75) is 25.7 Å². The first-order chi connectivity index (χ1) is 13.0. The molecular weight excluding hydrogens is 392 g/mol. The fraction of sp³-hybridized carbons (Fsp3) is 0.333. The summed E-state index contributed by atoms with van der Waals surface area (Å²) in [5.41, 5.74) is 1.53. The smallest absolute Gasteiger partial charge is 0.341 e. The molecule has 0 aliphatic heterocycles. The van der Waals surface area contributed by atoms with Crippen LogP contribution in [0.4, 0.5) is 5.00 Å². The highest BCUT2D eigenvalue weighted by molar-refractivity contribution is 7.17. The van der Waals surface area contributed by atoms with E-state index < -0.39 is 24.5 Å². The van der Waals surface area contributed by atoms with Crippen molar-refractivity contribution in [1.29, 1.82) is 0 Å². The third-order valence-corrected chi connectivity index (χ3v) is 5.54. The molecule has 27 heavy (non-hydrogen) atoms. The molecule has 0 radical (unpaired) electrons. The van der Waals surface area contributed by atoms with E-state index in [1.165, 1.54) is 36.8 Å². The van der Waals surface area contributed by atoms with E-state index in [1.54, 1.807) is 0 Å². The molecule has 0 saturated carbocycles. The predicted octanol–water partition coefficient (Wildman–Crippen LogP) is 3.26. The zero-order valence-electron chi connectivity index (χ0n) is 14.5. The predicted molar refractivity (Wildman–Crippen MR) is 100 cm³/mol. The van der Waals surface area contributed by atoms with Crippen molar-refractivity contribution >= 4 is 45.8 Å². The van der Waals surface area contributed by atoms with Crippen LogP contribution in [-0.2, 0) is 27.1 Å². The van der Waals surface area contributed by atoms with Crippen LogP contribution in [0.25, 0.3) is 0 Å². The number of carbonyl (C=O) groups is 3. The van der Waals surface area contributed by atoms with Crippen LogP contribution >= 0.6 is 22.9 Å². The summed E-state index contributed by atoms with van der Waals surface area (Å²) in [5, 5.41) is 3.35. The third kappa shape index (κ3) is 4.45. The molecule has 2 aromatic heterocycles. The minimum atomic E-state index is -0.687. The van der Waals surface area contributed by atoms with E-state index in [9.17, 15) is 14.4 Å². The van der Waals surface area contributed by atoms with Crippen LogP contribution in [0.2, 0.25) is 5.15 Å². The Labute approximate surface area is 164 Å². The second kappa shape index (κ2) is 8.49. The number of ether oxygens (including phenoxy) is 2. The number of hydrogen-bond donors (Lipinski definition) is 1. The number of methoxy groups -OCH3 is 1. The lowest BCUT2D eigenvalue weighted by Crippen LogP contribution is -2.21. The highest BCUT2D eigenvalue weighted by Gasteiger charge is 2.27. The van der Waals surface area contributed by atoms with Gasteiger partial charge in [-0.3, -0.25) is 4.79 Å². The Morgan fingerprint density at radius 1 is 1.22 bits per heavy atom. The van der Waals surface area contributed by atoms with Crippen molar-refractivity contribution in [2.75, 3.05) is 19.0 Å². The summed E-state index contributed by atoms with van der Waals surface area (Å²) in [4.78, 5) is 41.2. The normalized spacial score (nSPS) is 12.8. The number of esters is 2. The molecule has 1 aliphatic rings. The van der Waals surface area contributed by atoms with E-state index in [2.05, 4.69) is 10.3 Å². The van der Waals surface area contributed by atoms with Crippen LogP contribution in [-0.4, -0.2) is 36.5 Å². The maximum atomic E-state index is 12.2. The number of pyridine rings is 1. The number of nitrogens with one attached hydrogen (secondary N) is 1. The van der Waals surface area contributed by atoms with Gasteiger partial charge in [-0.05, 0) is 43.4 Å². The molecule has 0 fully saturated rings. The Kier molecular flexibility index (Phi) is 6.08. The zero-order chi connectivity index (χ0) is 19.4. The lowest BCUT2D eigenvalue weighted by atomic mass is 9.95. The Hall–Kier alpha value is -2.45. The van der Waals surface area contributed by atoms with E-state index in [1.807, 2.05) is 0 Å². The molecule has 0 bridgehead atoms. The van der Waals surface area contributed by atoms with Gasteiger partial charge < -0.3 is 14.8 Å². The highest BCUT2D eigenvalue weighted by atomic mass is 35.5. The van der Waals surface area contributed by atoms with Gasteiger partial charge in [0.05, 0.1) is 18.2 Å². The summed E-state index contributed by atoms with van der Waals surface area (Å²) in [7, 11) is 1.31. The van der Waals surface area contributed by atoms with Crippen LogP contribution in [0.15, 0.2) is 18.3 Å². The fourth-order valence-corrected chi connectivity index (χ4v) is 4.25. The molecule has 1 aliphatic carbocycles. The second-order valence-corrected chi connectivity index (χ2v) is 7.39. The van der Waals surface area contributed by atoms with Gasteiger partial charge in [-0.1, -0.05) is 11.6 Å². The zero-order valence-corrected chi connectivity index (χ0v) is 16.1. The van der Waals surface area contributed by atoms with Gasteiger partial charge in [-0.15, -0.1) is 11.3 Å². The van der Waals surface area contributed by atoms with Gasteiger partial charge in [-0.2, -0.15) is 0 Å². The van der Waals surface area contributed by atoms with Crippen molar-refractivity contribution in [2.24, 2.45) is 0 Å². The van der Waals surface area contributed by atoms with E-state index in [-0.39, 0.29) is 10.7 Å². The number of nitrogens with zero attached hydrogens (tertiary/aromatic N) is 1. The molecule has 2 aromatic rings. The highest BCUT2D eigenvalue weighted by Crippen LogP contribution is 2.38. The first kappa shape index (κ1) is 19.3. The number of halogens is 1. The van der Waals surface area contributed by atoms with Crippen LogP contribution in [0.3, 0.4) is 0 Å². The molecule has 0 spiro atoms. The molecule has 142 valence electrons. The molecule has 3 rings (SSSR count). The second-order valence-electron chi connectivity index (χ2n) is 5.90. The topological polar surface area (TPSA) is 94.6 Å². The number of fused-ring (bicyclic) bond motifs is 1. The van der Waals surface area contributed by atoms with Gasteiger partial charge >= 0.3 is 11.9 Å². The first-order valence-corrected chi connectivity index (χ1v) is 9.50. The third-order valence-electron chi connectivity index (χ3n) is 4.11. The molecule has 0 saturated heterocycles. The lowest BCUT2D eigenvalue weighted by Gasteiger charge is -2.11. The SMILES string of the molecule is COC(=O)c1c(NC(=O)COC(=O)c2ccc(Cl)nc2)sc2c1CCCC2. The van der Waals surface area contributed by atoms with Crippen molar-refractivity contribution in [3.63, 3.8) is 0 Å². The van der Waals surface area contributed by atoms with Gasteiger partial charge in [0.15, 0.2) is 6.61 Å². The van der Waals surface area contributed by atoms with E-state index in [4.69, 9.17) is 21.1 Å². The van der Waals surface area contributed by atoms with Gasteiger partial charge in [0.25, 0.3) is 5.91 Å². The van der Waals surface area contributed by atoms with Gasteiger partial charge in [-0.25, -0.2) is 14.6 Å². The van der Waals surface area contributed by atoms with E-state index in [0.29, 0.717) is 10.6 Å². The Morgan fingerprint density at radius 3 is 2.70 bits per heavy atom. The molecule has 0 unspecified atom stereocenters. The van der Waals surface area contributed by atoms with Gasteiger partial charge in [0, 0.05) is 11.1 Å². The van der Waals surface area contributed by atoms with Crippen molar-refractivity contribution in [3.05, 3.63) is 45.1 Å². The molecule has 7 nitrogen and oxygen atoms in total. The minimum Gasteiger partial charge on any atom is -0.465 e. The maximum absolute atomic E-state index is 12.2. The van der Waals surface area contributed by atoms with Crippen molar-refractivity contribution < 1.29 is 23.9 Å². The molecule has 2 heterocycles. The number of amides is 1. The maximum Gasteiger partial charge on any atom is 0.341 e. The molecular formula is C18H17ClN2O5S. The standard InChI is InChI=1S/C18H17ClN2O5S/c1-25-18(24)15-11-4-2-3-5-12(11)27-16(15)21-14(22)9-26-17(23)10-6-7-13(19)20-8-10/h6-8H,2-5,9H2,1H3,(H,21,22). The molecule has 1 N–H and O–H groups in total. The average Bonchev–Trinajstić information content (AvgIpc) is 3.03. The van der Waals surface area contributed by atoms with Crippen LogP contribution in [0, 0.1) is 0 Å². The fourth-order valence-electron chi connectivity index (χ4n) is 2.85. The van der Waals surface area contributed by atoms with Gasteiger partial charge in [0.2, 0.25) is 0 Å². The largest absolute Gasteiger partial charge is 0.465 e.